The van der Waals surface area contributed by atoms with Crippen molar-refractivity contribution in [3.8, 4) is 0 Å². The molecule has 0 radical (unpaired) electrons. The molecule has 1 unspecified atom stereocenters. The van der Waals surface area contributed by atoms with Crippen LogP contribution in [0.25, 0.3) is 0 Å². The van der Waals surface area contributed by atoms with Crippen LogP contribution in [0.3, 0.4) is 0 Å². The molecule has 3 rings (SSSR count). The third-order valence-corrected chi connectivity index (χ3v) is 3.64. The average molecular weight is 289 g/mol. The van der Waals surface area contributed by atoms with E-state index in [2.05, 4.69) is 4.98 Å². The highest BCUT2D eigenvalue weighted by atomic mass is 16.3. The van der Waals surface area contributed by atoms with Crippen LogP contribution in [-0.4, -0.2) is 15.9 Å². The maximum absolute atomic E-state index is 13.0. The number of nitrogens with zero attached hydrogens (tertiary/aromatic N) is 1. The van der Waals surface area contributed by atoms with Crippen LogP contribution in [0.4, 0.5) is 0 Å². The fourth-order valence-corrected chi connectivity index (χ4v) is 2.48. The van der Waals surface area contributed by atoms with E-state index in [1.54, 1.807) is 66.9 Å². The van der Waals surface area contributed by atoms with Crippen LogP contribution in [0, 0.1) is 0 Å². The summed E-state index contributed by atoms with van der Waals surface area (Å²) in [6.45, 7) is 0. The second-order valence-electron chi connectivity index (χ2n) is 5.01. The van der Waals surface area contributed by atoms with Crippen molar-refractivity contribution < 1.29 is 9.90 Å². The van der Waals surface area contributed by atoms with Gasteiger partial charge < -0.3 is 5.11 Å². The van der Waals surface area contributed by atoms with Crippen LogP contribution in [0.1, 0.15) is 21.5 Å². The van der Waals surface area contributed by atoms with Crippen LogP contribution in [-0.2, 0) is 5.60 Å². The second-order valence-corrected chi connectivity index (χ2v) is 5.01. The van der Waals surface area contributed by atoms with Gasteiger partial charge in [0.25, 0.3) is 0 Å². The highest BCUT2D eigenvalue weighted by Crippen LogP contribution is 2.32. The summed E-state index contributed by atoms with van der Waals surface area (Å²) in [7, 11) is 0. The number of hydrogen-bond acceptors (Lipinski definition) is 3. The van der Waals surface area contributed by atoms with Crippen LogP contribution < -0.4 is 0 Å². The van der Waals surface area contributed by atoms with Gasteiger partial charge in [-0.25, -0.2) is 0 Å². The smallest absolute Gasteiger partial charge is 0.203 e. The Morgan fingerprint density at radius 3 is 2.00 bits per heavy atom. The molecule has 0 aliphatic rings. The van der Waals surface area contributed by atoms with Gasteiger partial charge in [0.2, 0.25) is 5.78 Å². The summed E-state index contributed by atoms with van der Waals surface area (Å²) in [4.78, 5) is 17.0. The molecule has 3 nitrogen and oxygen atoms in total. The molecule has 3 heteroatoms. The lowest BCUT2D eigenvalue weighted by Crippen LogP contribution is -2.37. The molecule has 1 N–H and O–H groups in total. The second kappa shape index (κ2) is 5.92. The Morgan fingerprint density at radius 1 is 0.818 bits per heavy atom. The normalized spacial score (nSPS) is 13.3. The Balaban J connectivity index is 2.18. The van der Waals surface area contributed by atoms with Gasteiger partial charge in [0.1, 0.15) is 0 Å². The van der Waals surface area contributed by atoms with E-state index < -0.39 is 5.60 Å². The molecule has 2 aromatic carbocycles. The number of carbonyl (C=O) groups excluding carboxylic acids is 1. The molecule has 0 bridgehead atoms. The molecule has 0 amide bonds. The lowest BCUT2D eigenvalue weighted by atomic mass is 9.81. The number of pyridine rings is 1. The monoisotopic (exact) mass is 289 g/mol. The van der Waals surface area contributed by atoms with Crippen molar-refractivity contribution >= 4 is 5.78 Å². The van der Waals surface area contributed by atoms with Gasteiger partial charge in [-0.2, -0.15) is 0 Å². The quantitative estimate of drug-likeness (QED) is 0.750. The number of ketones is 1. The highest BCUT2D eigenvalue weighted by molar-refractivity contribution is 6.05. The average Bonchev–Trinajstić information content (AvgIpc) is 2.62. The molecule has 22 heavy (non-hydrogen) atoms. The van der Waals surface area contributed by atoms with Crippen molar-refractivity contribution in [2.24, 2.45) is 0 Å². The number of hydrogen-bond donors (Lipinski definition) is 1. The van der Waals surface area contributed by atoms with E-state index in [1.165, 1.54) is 6.20 Å². The van der Waals surface area contributed by atoms with Gasteiger partial charge in [0.15, 0.2) is 5.60 Å². The lowest BCUT2D eigenvalue weighted by Gasteiger charge is -2.27. The van der Waals surface area contributed by atoms with Gasteiger partial charge in [-0.15, -0.1) is 0 Å². The van der Waals surface area contributed by atoms with Crippen molar-refractivity contribution in [2.75, 3.05) is 0 Å². The summed E-state index contributed by atoms with van der Waals surface area (Å²) in [5.41, 5.74) is -0.318. The Bertz CT molecular complexity index is 716. The van der Waals surface area contributed by atoms with Gasteiger partial charge in [-0.05, 0) is 11.6 Å². The predicted molar refractivity (Wildman–Crippen MR) is 84.5 cm³/mol. The minimum atomic E-state index is -1.75. The van der Waals surface area contributed by atoms with E-state index in [0.717, 1.165) is 0 Å². The van der Waals surface area contributed by atoms with Crippen molar-refractivity contribution in [3.63, 3.8) is 0 Å². The van der Waals surface area contributed by atoms with E-state index in [-0.39, 0.29) is 5.78 Å². The van der Waals surface area contributed by atoms with Gasteiger partial charge in [-0.3, -0.25) is 9.78 Å². The summed E-state index contributed by atoms with van der Waals surface area (Å²) in [6.07, 6.45) is 3.13. The minimum absolute atomic E-state index is 0.368. The zero-order valence-electron chi connectivity index (χ0n) is 11.9. The van der Waals surface area contributed by atoms with Crippen molar-refractivity contribution in [1.82, 2.24) is 4.98 Å². The molecular formula is C19H15NO2. The molecule has 1 aromatic heterocycles. The van der Waals surface area contributed by atoms with Crippen LogP contribution in [0.5, 0.6) is 0 Å². The third kappa shape index (κ3) is 2.43. The van der Waals surface area contributed by atoms with Crippen molar-refractivity contribution in [1.29, 1.82) is 0 Å². The van der Waals surface area contributed by atoms with E-state index in [9.17, 15) is 9.90 Å². The molecule has 0 aliphatic heterocycles. The van der Waals surface area contributed by atoms with Crippen LogP contribution >= 0.6 is 0 Å². The SMILES string of the molecule is O=C(c1ccccc1)C(O)(c1ccccc1)c1cccnc1. The molecule has 3 aromatic rings. The minimum Gasteiger partial charge on any atom is -0.373 e. The zero-order chi connectivity index (χ0) is 15.4. The number of benzene rings is 2. The summed E-state index contributed by atoms with van der Waals surface area (Å²) >= 11 is 0. The van der Waals surface area contributed by atoms with Gasteiger partial charge in [0.05, 0.1) is 0 Å². The first-order valence-electron chi connectivity index (χ1n) is 7.01. The fourth-order valence-electron chi connectivity index (χ4n) is 2.48. The van der Waals surface area contributed by atoms with E-state index in [4.69, 9.17) is 0 Å². The molecule has 0 fully saturated rings. The van der Waals surface area contributed by atoms with Crippen molar-refractivity contribution in [2.45, 2.75) is 5.60 Å². The predicted octanol–water partition coefficient (Wildman–Crippen LogP) is 3.20. The fraction of sp³-hybridized carbons (Fsp3) is 0.0526. The standard InChI is InChI=1S/C19H15NO2/c21-18(15-8-3-1-4-9-15)19(22,16-10-5-2-6-11-16)17-12-7-13-20-14-17/h1-14,22H. The first-order valence-corrected chi connectivity index (χ1v) is 7.01. The first-order chi connectivity index (χ1) is 10.7. The maximum Gasteiger partial charge on any atom is 0.203 e. The first kappa shape index (κ1) is 14.2. The van der Waals surface area contributed by atoms with Gasteiger partial charge in [0, 0.05) is 23.5 Å². The molecule has 1 heterocycles. The lowest BCUT2D eigenvalue weighted by molar-refractivity contribution is 0.0486. The Hall–Kier alpha value is -2.78. The van der Waals surface area contributed by atoms with Gasteiger partial charge >= 0.3 is 0 Å². The Labute approximate surface area is 128 Å². The molecule has 0 spiro atoms. The molecular weight excluding hydrogens is 274 g/mol. The maximum atomic E-state index is 13.0. The van der Waals surface area contributed by atoms with E-state index >= 15 is 0 Å². The molecule has 0 saturated carbocycles. The van der Waals surface area contributed by atoms with E-state index in [1.807, 2.05) is 12.1 Å². The summed E-state index contributed by atoms with van der Waals surface area (Å²) in [6, 6.07) is 21.2. The van der Waals surface area contributed by atoms with E-state index in [0.29, 0.717) is 16.7 Å². The highest BCUT2D eigenvalue weighted by Gasteiger charge is 2.40. The number of aliphatic hydroxyl groups is 1. The van der Waals surface area contributed by atoms with Crippen molar-refractivity contribution in [3.05, 3.63) is 102 Å². The largest absolute Gasteiger partial charge is 0.373 e. The Kier molecular flexibility index (Phi) is 3.81. The number of aromatic nitrogens is 1. The summed E-state index contributed by atoms with van der Waals surface area (Å²) in [5.74, 6) is -0.368. The summed E-state index contributed by atoms with van der Waals surface area (Å²) < 4.78 is 0. The number of Topliss-reactive ketones (excluding diaryl/α,β-unsaturated/α-hetero) is 1. The van der Waals surface area contributed by atoms with Gasteiger partial charge in [-0.1, -0.05) is 66.7 Å². The van der Waals surface area contributed by atoms with Crippen LogP contribution in [0.15, 0.2) is 85.2 Å². The Morgan fingerprint density at radius 2 is 1.41 bits per heavy atom. The number of carbonyl (C=O) groups is 1. The third-order valence-electron chi connectivity index (χ3n) is 3.64. The molecule has 0 aliphatic carbocycles. The topological polar surface area (TPSA) is 50.2 Å². The molecule has 108 valence electrons. The number of rotatable bonds is 4. The molecule has 1 atom stereocenters. The zero-order valence-corrected chi connectivity index (χ0v) is 11.9. The summed E-state index contributed by atoms with van der Waals surface area (Å²) in [5, 5.41) is 11.3. The molecule has 0 saturated heterocycles. The van der Waals surface area contributed by atoms with Crippen LogP contribution in [0.2, 0.25) is 0 Å².